The maximum absolute atomic E-state index is 4.48. The number of fused-ring (bicyclic) bond motifs is 1. The number of hydrogen-bond donors (Lipinski definition) is 1. The molecule has 90 valence electrons. The first-order chi connectivity index (χ1) is 8.16. The van der Waals surface area contributed by atoms with Crippen LogP contribution in [0.2, 0.25) is 0 Å². The molecule has 1 aromatic heterocycles. The highest BCUT2D eigenvalue weighted by Crippen LogP contribution is 2.13. The number of aromatic nitrogens is 2. The topological polar surface area (TPSA) is 37.8 Å². The van der Waals surface area contributed by atoms with Crippen molar-refractivity contribution in [3.8, 4) is 0 Å². The lowest BCUT2D eigenvalue weighted by Gasteiger charge is -2.15. The Morgan fingerprint density at radius 3 is 2.71 bits per heavy atom. The van der Waals surface area contributed by atoms with Crippen LogP contribution in [0, 0.1) is 11.8 Å². The van der Waals surface area contributed by atoms with Crippen molar-refractivity contribution in [2.45, 2.75) is 20.8 Å². The van der Waals surface area contributed by atoms with Crippen LogP contribution >= 0.6 is 0 Å². The van der Waals surface area contributed by atoms with Gasteiger partial charge in [0.1, 0.15) is 0 Å². The fourth-order valence-electron chi connectivity index (χ4n) is 1.55. The molecule has 2 rings (SSSR count). The number of nitrogens with one attached hydrogen (secondary N) is 1. The summed E-state index contributed by atoms with van der Waals surface area (Å²) >= 11 is 0. The van der Waals surface area contributed by atoms with E-state index >= 15 is 0 Å². The van der Waals surface area contributed by atoms with Crippen LogP contribution in [0.3, 0.4) is 0 Å². The van der Waals surface area contributed by atoms with Crippen molar-refractivity contribution in [3.05, 3.63) is 30.5 Å². The molecule has 1 aromatic carbocycles. The molecule has 17 heavy (non-hydrogen) atoms. The Bertz CT molecular complexity index is 494. The number of nitrogens with zero attached hydrogens (tertiary/aromatic N) is 2. The first-order valence-electron chi connectivity index (χ1n) is 6.12. The van der Waals surface area contributed by atoms with Gasteiger partial charge in [-0.1, -0.05) is 39.0 Å². The van der Waals surface area contributed by atoms with E-state index in [4.69, 9.17) is 0 Å². The first-order valence-corrected chi connectivity index (χ1v) is 6.12. The summed E-state index contributed by atoms with van der Waals surface area (Å²) in [4.78, 5) is 8.80. The molecule has 0 spiro atoms. The third-order valence-electron chi connectivity index (χ3n) is 3.21. The van der Waals surface area contributed by atoms with E-state index in [1.807, 2.05) is 30.5 Å². The van der Waals surface area contributed by atoms with Gasteiger partial charge >= 0.3 is 0 Å². The number of anilines is 1. The standard InChI is InChI=1S/C14H19N3/c1-10(2)11(3)8-15-14-16-9-12-6-4-5-7-13(12)17-14/h4-7,9-11H,8H2,1-3H3,(H,15,16,17). The Morgan fingerprint density at radius 1 is 1.18 bits per heavy atom. The van der Waals surface area contributed by atoms with Crippen LogP contribution in [0.5, 0.6) is 0 Å². The summed E-state index contributed by atoms with van der Waals surface area (Å²) in [5.41, 5.74) is 0.988. The van der Waals surface area contributed by atoms with Gasteiger partial charge < -0.3 is 5.32 Å². The SMILES string of the molecule is CC(C)C(C)CNc1ncc2ccccc2n1. The number of hydrogen-bond acceptors (Lipinski definition) is 3. The normalized spacial score (nSPS) is 12.9. The molecule has 2 aromatic rings. The van der Waals surface area contributed by atoms with E-state index in [0.29, 0.717) is 11.8 Å². The summed E-state index contributed by atoms with van der Waals surface area (Å²) in [6.07, 6.45) is 1.87. The highest BCUT2D eigenvalue weighted by atomic mass is 15.1. The molecular weight excluding hydrogens is 210 g/mol. The average molecular weight is 229 g/mol. The fraction of sp³-hybridized carbons (Fsp3) is 0.429. The molecular formula is C14H19N3. The minimum Gasteiger partial charge on any atom is -0.354 e. The summed E-state index contributed by atoms with van der Waals surface area (Å²) in [7, 11) is 0. The molecule has 0 amide bonds. The predicted octanol–water partition coefficient (Wildman–Crippen LogP) is 3.33. The molecule has 0 aliphatic heterocycles. The van der Waals surface area contributed by atoms with Crippen molar-refractivity contribution < 1.29 is 0 Å². The Hall–Kier alpha value is -1.64. The maximum Gasteiger partial charge on any atom is 0.223 e. The second-order valence-corrected chi connectivity index (χ2v) is 4.85. The highest BCUT2D eigenvalue weighted by Gasteiger charge is 2.07. The van der Waals surface area contributed by atoms with Crippen LogP contribution in [0.25, 0.3) is 10.9 Å². The lowest BCUT2D eigenvalue weighted by molar-refractivity contribution is 0.439. The van der Waals surface area contributed by atoms with Crippen molar-refractivity contribution in [1.29, 1.82) is 0 Å². The summed E-state index contributed by atoms with van der Waals surface area (Å²) in [5, 5.41) is 4.37. The molecule has 0 bridgehead atoms. The Morgan fingerprint density at radius 2 is 1.94 bits per heavy atom. The van der Waals surface area contributed by atoms with Gasteiger partial charge in [0.25, 0.3) is 0 Å². The first kappa shape index (κ1) is 11.8. The molecule has 0 fully saturated rings. The van der Waals surface area contributed by atoms with E-state index < -0.39 is 0 Å². The van der Waals surface area contributed by atoms with Crippen molar-refractivity contribution >= 4 is 16.9 Å². The van der Waals surface area contributed by atoms with Crippen molar-refractivity contribution in [2.75, 3.05) is 11.9 Å². The van der Waals surface area contributed by atoms with E-state index in [1.165, 1.54) is 0 Å². The lowest BCUT2D eigenvalue weighted by atomic mass is 9.98. The number of para-hydroxylation sites is 1. The Balaban J connectivity index is 2.09. The predicted molar refractivity (Wildman–Crippen MR) is 72.0 cm³/mol. The molecule has 1 unspecified atom stereocenters. The fourth-order valence-corrected chi connectivity index (χ4v) is 1.55. The van der Waals surface area contributed by atoms with Crippen LogP contribution in [0.15, 0.2) is 30.5 Å². The highest BCUT2D eigenvalue weighted by molar-refractivity contribution is 5.78. The molecule has 3 heteroatoms. The minimum absolute atomic E-state index is 0.616. The van der Waals surface area contributed by atoms with E-state index in [9.17, 15) is 0 Å². The summed E-state index contributed by atoms with van der Waals surface area (Å²) < 4.78 is 0. The molecule has 1 heterocycles. The van der Waals surface area contributed by atoms with Gasteiger partial charge in [-0.15, -0.1) is 0 Å². The largest absolute Gasteiger partial charge is 0.354 e. The average Bonchev–Trinajstić information content (AvgIpc) is 2.35. The van der Waals surface area contributed by atoms with E-state index in [0.717, 1.165) is 23.4 Å². The molecule has 0 aliphatic carbocycles. The lowest BCUT2D eigenvalue weighted by Crippen LogP contribution is -2.17. The van der Waals surface area contributed by atoms with Crippen molar-refractivity contribution in [3.63, 3.8) is 0 Å². The van der Waals surface area contributed by atoms with Gasteiger partial charge in [-0.25, -0.2) is 9.97 Å². The molecule has 1 N–H and O–H groups in total. The molecule has 1 atom stereocenters. The van der Waals surface area contributed by atoms with Gasteiger partial charge in [-0.05, 0) is 17.9 Å². The van der Waals surface area contributed by atoms with Gasteiger partial charge in [0.2, 0.25) is 5.95 Å². The third-order valence-corrected chi connectivity index (χ3v) is 3.21. The Kier molecular flexibility index (Phi) is 3.57. The van der Waals surface area contributed by atoms with Gasteiger partial charge in [0, 0.05) is 18.1 Å². The minimum atomic E-state index is 0.616. The van der Waals surface area contributed by atoms with Gasteiger partial charge in [-0.3, -0.25) is 0 Å². The zero-order valence-corrected chi connectivity index (χ0v) is 10.6. The second kappa shape index (κ2) is 5.13. The summed E-state index contributed by atoms with van der Waals surface area (Å²) in [6.45, 7) is 7.61. The van der Waals surface area contributed by atoms with Crippen molar-refractivity contribution in [2.24, 2.45) is 11.8 Å². The van der Waals surface area contributed by atoms with E-state index in [2.05, 4.69) is 36.1 Å². The quantitative estimate of drug-likeness (QED) is 0.873. The van der Waals surface area contributed by atoms with E-state index in [-0.39, 0.29) is 0 Å². The number of benzene rings is 1. The van der Waals surface area contributed by atoms with Crippen LogP contribution in [-0.4, -0.2) is 16.5 Å². The van der Waals surface area contributed by atoms with Crippen LogP contribution < -0.4 is 5.32 Å². The molecule has 3 nitrogen and oxygen atoms in total. The van der Waals surface area contributed by atoms with Crippen molar-refractivity contribution in [1.82, 2.24) is 9.97 Å². The second-order valence-electron chi connectivity index (χ2n) is 4.85. The van der Waals surface area contributed by atoms with Crippen LogP contribution in [0.1, 0.15) is 20.8 Å². The summed E-state index contributed by atoms with van der Waals surface area (Å²) in [6, 6.07) is 8.03. The number of rotatable bonds is 4. The van der Waals surface area contributed by atoms with Gasteiger partial charge in [0.05, 0.1) is 5.52 Å². The smallest absolute Gasteiger partial charge is 0.223 e. The third kappa shape index (κ3) is 2.93. The zero-order valence-electron chi connectivity index (χ0n) is 10.6. The van der Waals surface area contributed by atoms with Crippen LogP contribution in [-0.2, 0) is 0 Å². The molecule has 0 saturated carbocycles. The van der Waals surface area contributed by atoms with Gasteiger partial charge in [0.15, 0.2) is 0 Å². The maximum atomic E-state index is 4.48. The zero-order chi connectivity index (χ0) is 12.3. The van der Waals surface area contributed by atoms with E-state index in [1.54, 1.807) is 0 Å². The Labute approximate surface area is 102 Å². The summed E-state index contributed by atoms with van der Waals surface area (Å²) in [5.74, 6) is 2.00. The monoisotopic (exact) mass is 229 g/mol. The van der Waals surface area contributed by atoms with Gasteiger partial charge in [-0.2, -0.15) is 0 Å². The molecule has 0 aliphatic rings. The molecule has 0 radical (unpaired) electrons. The molecule has 0 saturated heterocycles. The van der Waals surface area contributed by atoms with Crippen LogP contribution in [0.4, 0.5) is 5.95 Å².